The molecular weight excluding hydrogens is 408 g/mol. The van der Waals surface area contributed by atoms with Gasteiger partial charge in [0.25, 0.3) is 5.91 Å². The minimum absolute atomic E-state index is 0.0241. The van der Waals surface area contributed by atoms with Crippen LogP contribution in [-0.4, -0.2) is 38.6 Å². The summed E-state index contributed by atoms with van der Waals surface area (Å²) >= 11 is 3.46. The minimum atomic E-state index is -0.221. The van der Waals surface area contributed by atoms with Crippen LogP contribution in [-0.2, 0) is 0 Å². The zero-order chi connectivity index (χ0) is 19.6. The van der Waals surface area contributed by atoms with E-state index in [1.54, 1.807) is 7.11 Å². The Labute approximate surface area is 167 Å². The number of ether oxygens (including phenoxy) is 1. The average molecular weight is 431 g/mol. The molecule has 0 saturated carbocycles. The fourth-order valence-electron chi connectivity index (χ4n) is 3.19. The quantitative estimate of drug-likeness (QED) is 0.623. The third kappa shape index (κ3) is 4.01. The van der Waals surface area contributed by atoms with E-state index in [1.165, 1.54) is 0 Å². The molecule has 1 amide bonds. The van der Waals surface area contributed by atoms with Crippen LogP contribution in [0.3, 0.4) is 0 Å². The van der Waals surface area contributed by atoms with Gasteiger partial charge in [0.05, 0.1) is 13.2 Å². The van der Waals surface area contributed by atoms with E-state index in [2.05, 4.69) is 26.1 Å². The number of rotatable bonds is 6. The van der Waals surface area contributed by atoms with Crippen LogP contribution in [0.5, 0.6) is 5.75 Å². The average Bonchev–Trinajstić information content (AvgIpc) is 2.98. The number of hydrogen-bond donors (Lipinski definition) is 1. The number of nitrogens with zero attached hydrogens (tertiary/aromatic N) is 1. The Bertz CT molecular complexity index is 965. The van der Waals surface area contributed by atoms with Gasteiger partial charge >= 0.3 is 0 Å². The van der Waals surface area contributed by atoms with Crippen molar-refractivity contribution in [2.75, 3.05) is 27.7 Å². The first-order chi connectivity index (χ1) is 12.9. The van der Waals surface area contributed by atoms with Crippen LogP contribution < -0.4 is 10.1 Å². The molecule has 0 radical (unpaired) electrons. The van der Waals surface area contributed by atoms with E-state index in [0.29, 0.717) is 17.9 Å². The molecular formula is C21H23BrN2O3. The Morgan fingerprint density at radius 2 is 2.00 bits per heavy atom. The number of amides is 1. The third-order valence-electron chi connectivity index (χ3n) is 4.68. The molecule has 2 aromatic carbocycles. The summed E-state index contributed by atoms with van der Waals surface area (Å²) in [5.41, 5.74) is 2.56. The van der Waals surface area contributed by atoms with Gasteiger partial charge in [-0.15, -0.1) is 0 Å². The van der Waals surface area contributed by atoms with Crippen molar-refractivity contribution in [3.63, 3.8) is 0 Å². The van der Waals surface area contributed by atoms with E-state index in [0.717, 1.165) is 26.7 Å². The summed E-state index contributed by atoms with van der Waals surface area (Å²) in [7, 11) is 5.61. The van der Waals surface area contributed by atoms with Gasteiger partial charge < -0.3 is 19.4 Å². The molecule has 0 bridgehead atoms. The summed E-state index contributed by atoms with van der Waals surface area (Å²) in [5.74, 6) is 0.928. The molecule has 0 spiro atoms. The number of nitrogens with one attached hydrogen (secondary N) is 1. The first-order valence-electron chi connectivity index (χ1n) is 8.68. The number of para-hydroxylation sites is 1. The molecule has 142 valence electrons. The van der Waals surface area contributed by atoms with E-state index < -0.39 is 0 Å². The first kappa shape index (κ1) is 19.5. The summed E-state index contributed by atoms with van der Waals surface area (Å²) in [6, 6.07) is 13.5. The van der Waals surface area contributed by atoms with Gasteiger partial charge in [0.15, 0.2) is 5.76 Å². The molecule has 0 aliphatic rings. The topological polar surface area (TPSA) is 54.7 Å². The lowest BCUT2D eigenvalue weighted by Gasteiger charge is -2.26. The molecule has 0 aliphatic carbocycles. The van der Waals surface area contributed by atoms with E-state index >= 15 is 0 Å². The Morgan fingerprint density at radius 3 is 2.70 bits per heavy atom. The maximum atomic E-state index is 12.8. The summed E-state index contributed by atoms with van der Waals surface area (Å²) in [6.45, 7) is 2.34. The number of benzene rings is 2. The summed E-state index contributed by atoms with van der Waals surface area (Å²) in [4.78, 5) is 14.8. The Balaban J connectivity index is 1.82. The third-order valence-corrected chi connectivity index (χ3v) is 5.17. The van der Waals surface area contributed by atoms with Crippen molar-refractivity contribution in [3.8, 4) is 5.75 Å². The fraction of sp³-hybridized carbons (Fsp3) is 0.286. The molecule has 5 nitrogen and oxygen atoms in total. The lowest BCUT2D eigenvalue weighted by molar-refractivity contribution is 0.0915. The maximum Gasteiger partial charge on any atom is 0.287 e. The number of carbonyl (C=O) groups excluding carboxylic acids is 1. The molecule has 6 heteroatoms. The van der Waals surface area contributed by atoms with Gasteiger partial charge in [0, 0.05) is 27.5 Å². The van der Waals surface area contributed by atoms with E-state index in [4.69, 9.17) is 9.15 Å². The predicted octanol–water partition coefficient (Wildman–Crippen LogP) is 4.55. The second-order valence-electron chi connectivity index (χ2n) is 6.63. The smallest absolute Gasteiger partial charge is 0.287 e. The van der Waals surface area contributed by atoms with E-state index in [1.807, 2.05) is 63.5 Å². The van der Waals surface area contributed by atoms with Crippen molar-refractivity contribution < 1.29 is 13.9 Å². The van der Waals surface area contributed by atoms with E-state index in [9.17, 15) is 4.79 Å². The molecule has 1 atom stereocenters. The van der Waals surface area contributed by atoms with Gasteiger partial charge in [-0.2, -0.15) is 0 Å². The highest BCUT2D eigenvalue weighted by atomic mass is 79.9. The van der Waals surface area contributed by atoms with Crippen LogP contribution in [0.4, 0.5) is 0 Å². The van der Waals surface area contributed by atoms with Crippen LogP contribution in [0, 0.1) is 6.92 Å². The fourth-order valence-corrected chi connectivity index (χ4v) is 3.55. The number of methoxy groups -OCH3 is 1. The summed E-state index contributed by atoms with van der Waals surface area (Å²) in [6.07, 6.45) is 0. The lowest BCUT2D eigenvalue weighted by atomic mass is 10.0. The van der Waals surface area contributed by atoms with Gasteiger partial charge in [-0.1, -0.05) is 34.1 Å². The lowest BCUT2D eigenvalue weighted by Crippen LogP contribution is -2.34. The Hall–Kier alpha value is -2.31. The Morgan fingerprint density at radius 1 is 1.26 bits per heavy atom. The molecule has 0 fully saturated rings. The van der Waals surface area contributed by atoms with Crippen molar-refractivity contribution in [2.24, 2.45) is 0 Å². The minimum Gasteiger partial charge on any atom is -0.496 e. The van der Waals surface area contributed by atoms with Crippen molar-refractivity contribution in [2.45, 2.75) is 13.0 Å². The number of aryl methyl sites for hydroxylation is 1. The maximum absolute atomic E-state index is 12.8. The van der Waals surface area contributed by atoms with Crippen molar-refractivity contribution in [1.29, 1.82) is 0 Å². The zero-order valence-electron chi connectivity index (χ0n) is 15.9. The number of furan rings is 1. The zero-order valence-corrected chi connectivity index (χ0v) is 17.5. The molecule has 3 aromatic rings. The molecule has 1 N–H and O–H groups in total. The molecule has 1 aromatic heterocycles. The highest BCUT2D eigenvalue weighted by molar-refractivity contribution is 9.10. The van der Waals surface area contributed by atoms with Gasteiger partial charge in [-0.3, -0.25) is 4.79 Å². The molecule has 1 unspecified atom stereocenters. The van der Waals surface area contributed by atoms with Crippen LogP contribution >= 0.6 is 15.9 Å². The van der Waals surface area contributed by atoms with Crippen molar-refractivity contribution in [1.82, 2.24) is 10.2 Å². The van der Waals surface area contributed by atoms with Crippen LogP contribution in [0.1, 0.15) is 27.7 Å². The number of likely N-dealkylation sites (N-methyl/N-ethyl adjacent to an activating group) is 1. The number of carbonyl (C=O) groups is 1. The summed E-state index contributed by atoms with van der Waals surface area (Å²) in [5, 5.41) is 3.94. The van der Waals surface area contributed by atoms with Gasteiger partial charge in [-0.25, -0.2) is 0 Å². The van der Waals surface area contributed by atoms with E-state index in [-0.39, 0.29) is 11.9 Å². The molecule has 0 aliphatic heterocycles. The molecule has 0 saturated heterocycles. The first-order valence-corrected chi connectivity index (χ1v) is 9.48. The highest BCUT2D eigenvalue weighted by Crippen LogP contribution is 2.29. The summed E-state index contributed by atoms with van der Waals surface area (Å²) < 4.78 is 12.2. The van der Waals surface area contributed by atoms with Gasteiger partial charge in [-0.05, 0) is 45.3 Å². The number of fused-ring (bicyclic) bond motifs is 1. The van der Waals surface area contributed by atoms with Crippen molar-refractivity contribution in [3.05, 3.63) is 63.8 Å². The Kier molecular flexibility index (Phi) is 5.87. The second-order valence-corrected chi connectivity index (χ2v) is 7.54. The SMILES string of the molecule is COc1ccccc1C(CNC(=O)c1oc2ccc(Br)cc2c1C)N(C)C. The highest BCUT2D eigenvalue weighted by Gasteiger charge is 2.22. The van der Waals surface area contributed by atoms with Gasteiger partial charge in [0.2, 0.25) is 0 Å². The number of hydrogen-bond acceptors (Lipinski definition) is 4. The predicted molar refractivity (Wildman–Crippen MR) is 110 cm³/mol. The molecule has 1 heterocycles. The molecule has 27 heavy (non-hydrogen) atoms. The second kappa shape index (κ2) is 8.15. The standard InChI is InChI=1S/C21H23BrN2O3/c1-13-16-11-14(22)9-10-19(16)27-20(13)21(25)23-12-17(24(2)3)15-7-5-6-8-18(15)26-4/h5-11,17H,12H2,1-4H3,(H,23,25). The largest absolute Gasteiger partial charge is 0.496 e. The van der Waals surface area contributed by atoms with Crippen molar-refractivity contribution >= 4 is 32.8 Å². The number of halogens is 1. The van der Waals surface area contributed by atoms with Crippen LogP contribution in [0.25, 0.3) is 11.0 Å². The monoisotopic (exact) mass is 430 g/mol. The normalized spacial score (nSPS) is 12.4. The van der Waals surface area contributed by atoms with Crippen LogP contribution in [0.15, 0.2) is 51.4 Å². The van der Waals surface area contributed by atoms with Gasteiger partial charge in [0.1, 0.15) is 11.3 Å². The van der Waals surface area contributed by atoms with Crippen LogP contribution in [0.2, 0.25) is 0 Å². The molecule has 3 rings (SSSR count).